The Balaban J connectivity index is 1.67. The van der Waals surface area contributed by atoms with Crippen LogP contribution in [-0.4, -0.2) is 6.54 Å². The molecule has 0 amide bonds. The molecule has 0 atom stereocenters. The molecule has 1 aromatic carbocycles. The second-order valence-corrected chi connectivity index (χ2v) is 5.40. The predicted octanol–water partition coefficient (Wildman–Crippen LogP) is 2.36. The van der Waals surface area contributed by atoms with Gasteiger partial charge in [-0.25, -0.2) is 0 Å². The molecule has 2 N–H and O–H groups in total. The van der Waals surface area contributed by atoms with Crippen molar-refractivity contribution in [3.05, 3.63) is 35.9 Å². The molecule has 0 heterocycles. The average molecular weight is 187 g/mol. The molecular formula is C13H17N. The fourth-order valence-electron chi connectivity index (χ4n) is 3.66. The van der Waals surface area contributed by atoms with E-state index < -0.39 is 0 Å². The van der Waals surface area contributed by atoms with Crippen LogP contribution in [0.15, 0.2) is 30.3 Å². The third kappa shape index (κ3) is 1.05. The molecule has 0 aromatic heterocycles. The topological polar surface area (TPSA) is 26.0 Å². The first-order valence-corrected chi connectivity index (χ1v) is 5.50. The minimum absolute atomic E-state index is 0.578. The van der Waals surface area contributed by atoms with Crippen molar-refractivity contribution in [3.8, 4) is 0 Å². The summed E-state index contributed by atoms with van der Waals surface area (Å²) in [6, 6.07) is 10.9. The van der Waals surface area contributed by atoms with Crippen molar-refractivity contribution in [2.45, 2.75) is 25.7 Å². The van der Waals surface area contributed by atoms with Crippen LogP contribution in [0.4, 0.5) is 0 Å². The quantitative estimate of drug-likeness (QED) is 0.772. The fourth-order valence-corrected chi connectivity index (χ4v) is 3.66. The maximum atomic E-state index is 5.76. The zero-order valence-corrected chi connectivity index (χ0v) is 8.50. The van der Waals surface area contributed by atoms with Crippen LogP contribution < -0.4 is 5.73 Å². The summed E-state index contributed by atoms with van der Waals surface area (Å²) in [5, 5.41) is 0. The number of hydrogen-bond donors (Lipinski definition) is 1. The molecule has 4 rings (SSSR count). The number of benzene rings is 1. The van der Waals surface area contributed by atoms with Crippen LogP contribution in [0.1, 0.15) is 24.8 Å². The predicted molar refractivity (Wildman–Crippen MR) is 57.9 cm³/mol. The van der Waals surface area contributed by atoms with Gasteiger partial charge in [-0.1, -0.05) is 30.3 Å². The summed E-state index contributed by atoms with van der Waals surface area (Å²) in [7, 11) is 0. The van der Waals surface area contributed by atoms with Gasteiger partial charge in [0.25, 0.3) is 0 Å². The van der Waals surface area contributed by atoms with Crippen molar-refractivity contribution < 1.29 is 0 Å². The molecule has 0 saturated heterocycles. The van der Waals surface area contributed by atoms with E-state index in [2.05, 4.69) is 30.3 Å². The molecule has 3 aliphatic rings. The molecule has 1 heteroatoms. The highest BCUT2D eigenvalue weighted by Crippen LogP contribution is 2.73. The lowest BCUT2D eigenvalue weighted by Crippen LogP contribution is -2.65. The van der Waals surface area contributed by atoms with E-state index in [0.717, 1.165) is 6.54 Å². The van der Waals surface area contributed by atoms with Gasteiger partial charge in [0.1, 0.15) is 0 Å². The molecule has 2 bridgehead atoms. The van der Waals surface area contributed by atoms with Crippen molar-refractivity contribution >= 4 is 0 Å². The first kappa shape index (κ1) is 8.49. The van der Waals surface area contributed by atoms with E-state index in [1.54, 1.807) is 0 Å². The van der Waals surface area contributed by atoms with E-state index in [4.69, 9.17) is 5.73 Å². The third-order valence-electron chi connectivity index (χ3n) is 4.10. The molecule has 14 heavy (non-hydrogen) atoms. The van der Waals surface area contributed by atoms with Gasteiger partial charge in [0.15, 0.2) is 0 Å². The Hall–Kier alpha value is -0.820. The summed E-state index contributed by atoms with van der Waals surface area (Å²) in [5.41, 5.74) is 8.49. The van der Waals surface area contributed by atoms with Crippen LogP contribution in [0, 0.1) is 10.8 Å². The van der Waals surface area contributed by atoms with Crippen molar-refractivity contribution in [2.24, 2.45) is 16.6 Å². The standard InChI is InChI=1S/C13H17N/c14-10-13-7-12(8-13,9-13)6-11-4-2-1-3-5-11/h1-5H,6-10,14H2. The maximum Gasteiger partial charge on any atom is -0.00199 e. The second kappa shape index (κ2) is 2.60. The summed E-state index contributed by atoms with van der Waals surface area (Å²) in [6.07, 6.45) is 5.41. The van der Waals surface area contributed by atoms with Crippen molar-refractivity contribution in [1.82, 2.24) is 0 Å². The zero-order chi connectivity index (χ0) is 9.65. The van der Waals surface area contributed by atoms with Gasteiger partial charge >= 0.3 is 0 Å². The van der Waals surface area contributed by atoms with Gasteiger partial charge in [-0.05, 0) is 48.6 Å². The van der Waals surface area contributed by atoms with E-state index in [-0.39, 0.29) is 0 Å². The normalized spacial score (nSPS) is 38.6. The van der Waals surface area contributed by atoms with Crippen molar-refractivity contribution in [1.29, 1.82) is 0 Å². The lowest BCUT2D eigenvalue weighted by atomic mass is 9.34. The summed E-state index contributed by atoms with van der Waals surface area (Å²) in [5.74, 6) is 0. The van der Waals surface area contributed by atoms with E-state index in [9.17, 15) is 0 Å². The van der Waals surface area contributed by atoms with Crippen LogP contribution in [0.25, 0.3) is 0 Å². The van der Waals surface area contributed by atoms with Gasteiger partial charge in [0.2, 0.25) is 0 Å². The smallest absolute Gasteiger partial charge is 0.00199 e. The van der Waals surface area contributed by atoms with Gasteiger partial charge < -0.3 is 5.73 Å². The van der Waals surface area contributed by atoms with Crippen LogP contribution in [0.5, 0.6) is 0 Å². The Bertz CT molecular complexity index is 322. The Labute approximate surface area is 85.3 Å². The average Bonchev–Trinajstić information content (AvgIpc) is 2.10. The molecule has 3 aliphatic carbocycles. The molecule has 1 aromatic rings. The molecule has 3 saturated carbocycles. The summed E-state index contributed by atoms with van der Waals surface area (Å²) < 4.78 is 0. The molecule has 0 unspecified atom stereocenters. The molecule has 0 radical (unpaired) electrons. The molecule has 0 aliphatic heterocycles. The highest BCUT2D eigenvalue weighted by Gasteiger charge is 2.66. The van der Waals surface area contributed by atoms with Gasteiger partial charge in [-0.2, -0.15) is 0 Å². The van der Waals surface area contributed by atoms with E-state index in [0.29, 0.717) is 10.8 Å². The van der Waals surface area contributed by atoms with Gasteiger partial charge in [0.05, 0.1) is 0 Å². The lowest BCUT2D eigenvalue weighted by molar-refractivity contribution is -0.195. The first-order valence-electron chi connectivity index (χ1n) is 5.50. The third-order valence-corrected chi connectivity index (χ3v) is 4.10. The van der Waals surface area contributed by atoms with Crippen molar-refractivity contribution in [3.63, 3.8) is 0 Å². The Kier molecular flexibility index (Phi) is 1.58. The second-order valence-electron chi connectivity index (χ2n) is 5.40. The Morgan fingerprint density at radius 3 is 2.21 bits per heavy atom. The van der Waals surface area contributed by atoms with E-state index >= 15 is 0 Å². The SMILES string of the molecule is NCC12CC(Cc3ccccc3)(C1)C2. The molecular weight excluding hydrogens is 170 g/mol. The number of hydrogen-bond acceptors (Lipinski definition) is 1. The fraction of sp³-hybridized carbons (Fsp3) is 0.538. The van der Waals surface area contributed by atoms with E-state index in [1.165, 1.54) is 31.2 Å². The largest absolute Gasteiger partial charge is 0.330 e. The molecule has 74 valence electrons. The van der Waals surface area contributed by atoms with Crippen LogP contribution in [-0.2, 0) is 6.42 Å². The molecule has 1 nitrogen and oxygen atoms in total. The number of nitrogens with two attached hydrogens (primary N) is 1. The van der Waals surface area contributed by atoms with Gasteiger partial charge in [-0.15, -0.1) is 0 Å². The number of rotatable bonds is 3. The monoisotopic (exact) mass is 187 g/mol. The summed E-state index contributed by atoms with van der Waals surface area (Å²) in [4.78, 5) is 0. The minimum atomic E-state index is 0.578. The lowest BCUT2D eigenvalue weighted by Gasteiger charge is -2.71. The first-order chi connectivity index (χ1) is 6.76. The molecule has 0 spiro atoms. The highest BCUT2D eigenvalue weighted by molar-refractivity contribution is 5.25. The summed E-state index contributed by atoms with van der Waals surface area (Å²) >= 11 is 0. The van der Waals surface area contributed by atoms with Crippen LogP contribution in [0.2, 0.25) is 0 Å². The van der Waals surface area contributed by atoms with E-state index in [1.807, 2.05) is 0 Å². The Morgan fingerprint density at radius 2 is 1.64 bits per heavy atom. The summed E-state index contributed by atoms with van der Waals surface area (Å²) in [6.45, 7) is 0.906. The highest BCUT2D eigenvalue weighted by atomic mass is 14.8. The van der Waals surface area contributed by atoms with Gasteiger partial charge in [-0.3, -0.25) is 0 Å². The minimum Gasteiger partial charge on any atom is -0.330 e. The van der Waals surface area contributed by atoms with Crippen LogP contribution in [0.3, 0.4) is 0 Å². The Morgan fingerprint density at radius 1 is 1.00 bits per heavy atom. The van der Waals surface area contributed by atoms with Gasteiger partial charge in [0, 0.05) is 0 Å². The maximum absolute atomic E-state index is 5.76. The van der Waals surface area contributed by atoms with Crippen LogP contribution >= 0.6 is 0 Å². The van der Waals surface area contributed by atoms with Crippen molar-refractivity contribution in [2.75, 3.05) is 6.54 Å². The zero-order valence-electron chi connectivity index (χ0n) is 8.50. The molecule has 3 fully saturated rings.